The largest absolute Gasteiger partial charge is 0.453 e. The highest BCUT2D eigenvalue weighted by atomic mass is 16.5. The molecule has 4 heterocycles. The van der Waals surface area contributed by atoms with Crippen molar-refractivity contribution in [3.05, 3.63) is 102 Å². The van der Waals surface area contributed by atoms with E-state index in [4.69, 9.17) is 19.2 Å². The van der Waals surface area contributed by atoms with Crippen molar-refractivity contribution < 1.29 is 38.2 Å². The molecule has 3 aliphatic heterocycles. The Kier molecular flexibility index (Phi) is 15.7. The molecule has 3 aromatic carbocycles. The van der Waals surface area contributed by atoms with Gasteiger partial charge in [0.2, 0.25) is 5.91 Å². The maximum atomic E-state index is 14.4. The highest BCUT2D eigenvalue weighted by Crippen LogP contribution is 2.47. The number of carbonyl (C=O) groups is 5. The molecule has 16 nitrogen and oxygen atoms in total. The van der Waals surface area contributed by atoms with E-state index in [-0.39, 0.29) is 35.9 Å². The van der Waals surface area contributed by atoms with Gasteiger partial charge < -0.3 is 44.9 Å². The van der Waals surface area contributed by atoms with Crippen LogP contribution in [0.2, 0.25) is 0 Å². The number of hydrogen-bond donors (Lipinski definition) is 3. The predicted molar refractivity (Wildman–Crippen MR) is 258 cm³/mol. The SMILES string of the molecule is COC(=O)N[C@H](C(=O)Nc1ccc([C@H]2CC[C@H](c3ccc(N(C(=O)[C@@H](NC(=O)OC)C(C)C)C(=O)N4CCC[C@H]4C)cc3)N2c2ccc(-c3ccc(N4CCOCC4)nc3)cc2)cc1)C(C)C. The second-order valence-electron chi connectivity index (χ2n) is 18.1. The molecule has 3 fully saturated rings. The molecule has 0 bridgehead atoms. The highest BCUT2D eigenvalue weighted by Gasteiger charge is 2.40. The number of rotatable bonds is 13. The van der Waals surface area contributed by atoms with E-state index in [1.165, 1.54) is 19.1 Å². The lowest BCUT2D eigenvalue weighted by atomic mass is 10.0. The van der Waals surface area contributed by atoms with E-state index in [0.717, 1.165) is 72.5 Å². The minimum absolute atomic E-state index is 0.0416. The molecule has 356 valence electrons. The van der Waals surface area contributed by atoms with Crippen molar-refractivity contribution in [3.8, 4) is 11.1 Å². The molecular weight excluding hydrogens is 853 g/mol. The summed E-state index contributed by atoms with van der Waals surface area (Å²) in [6.07, 6.45) is 3.78. The molecule has 6 amide bonds. The van der Waals surface area contributed by atoms with Gasteiger partial charge in [-0.3, -0.25) is 9.59 Å². The van der Waals surface area contributed by atoms with Crippen LogP contribution in [0.4, 0.5) is 37.3 Å². The van der Waals surface area contributed by atoms with E-state index in [0.29, 0.717) is 31.1 Å². The quantitative estimate of drug-likeness (QED) is 0.118. The van der Waals surface area contributed by atoms with Crippen molar-refractivity contribution in [1.29, 1.82) is 0 Å². The van der Waals surface area contributed by atoms with Gasteiger partial charge in [0.1, 0.15) is 17.9 Å². The second-order valence-corrected chi connectivity index (χ2v) is 18.1. The van der Waals surface area contributed by atoms with Gasteiger partial charge in [0, 0.05) is 48.8 Å². The molecule has 0 unspecified atom stereocenters. The molecular formula is C51H64N8O8. The van der Waals surface area contributed by atoms with Crippen LogP contribution in [0, 0.1) is 11.8 Å². The van der Waals surface area contributed by atoms with Gasteiger partial charge in [0.15, 0.2) is 0 Å². The van der Waals surface area contributed by atoms with Gasteiger partial charge in [0.05, 0.1) is 45.2 Å². The number of morpholine rings is 1. The molecule has 67 heavy (non-hydrogen) atoms. The number of carbonyl (C=O) groups excluding carboxylic acids is 5. The first-order valence-electron chi connectivity index (χ1n) is 23.3. The minimum Gasteiger partial charge on any atom is -0.453 e. The van der Waals surface area contributed by atoms with E-state index >= 15 is 0 Å². The van der Waals surface area contributed by atoms with Gasteiger partial charge in [-0.15, -0.1) is 0 Å². The topological polar surface area (TPSA) is 175 Å². The number of methoxy groups -OCH3 is 2. The second kappa shape index (κ2) is 21.7. The number of anilines is 4. The average molecular weight is 917 g/mol. The number of urea groups is 1. The van der Waals surface area contributed by atoms with E-state index in [1.807, 2.05) is 89.3 Å². The molecule has 3 saturated heterocycles. The normalized spacial score (nSPS) is 19.2. The van der Waals surface area contributed by atoms with E-state index in [9.17, 15) is 24.0 Å². The Labute approximate surface area is 393 Å². The van der Waals surface area contributed by atoms with Gasteiger partial charge in [-0.2, -0.15) is 0 Å². The molecule has 4 aromatic rings. The van der Waals surface area contributed by atoms with Gasteiger partial charge in [-0.25, -0.2) is 24.3 Å². The van der Waals surface area contributed by atoms with Gasteiger partial charge in [-0.05, 0) is 110 Å². The van der Waals surface area contributed by atoms with E-state index < -0.39 is 36.2 Å². The monoisotopic (exact) mass is 916 g/mol. The lowest BCUT2D eigenvalue weighted by Crippen LogP contribution is -2.56. The molecule has 0 aliphatic carbocycles. The minimum atomic E-state index is -1.01. The maximum absolute atomic E-state index is 14.4. The van der Waals surface area contributed by atoms with Crippen molar-refractivity contribution >= 4 is 52.9 Å². The number of nitrogens with zero attached hydrogens (tertiary/aromatic N) is 5. The summed E-state index contributed by atoms with van der Waals surface area (Å²) in [5.41, 5.74) is 6.11. The van der Waals surface area contributed by atoms with Crippen molar-refractivity contribution in [3.63, 3.8) is 0 Å². The molecule has 0 radical (unpaired) electrons. The predicted octanol–water partition coefficient (Wildman–Crippen LogP) is 8.31. The first kappa shape index (κ1) is 48.3. The Morgan fingerprint density at radius 1 is 0.701 bits per heavy atom. The third-order valence-corrected chi connectivity index (χ3v) is 13.1. The summed E-state index contributed by atoms with van der Waals surface area (Å²) in [6.45, 7) is 12.9. The highest BCUT2D eigenvalue weighted by molar-refractivity contribution is 6.16. The summed E-state index contributed by atoms with van der Waals surface area (Å²) < 4.78 is 15.1. The van der Waals surface area contributed by atoms with Crippen LogP contribution < -0.4 is 30.7 Å². The zero-order valence-corrected chi connectivity index (χ0v) is 39.6. The number of aromatic nitrogens is 1. The lowest BCUT2D eigenvalue weighted by molar-refractivity contribution is -0.121. The number of benzene rings is 3. The Bertz CT molecular complexity index is 2340. The van der Waals surface area contributed by atoms with Crippen LogP contribution in [0.15, 0.2) is 91.1 Å². The molecule has 1 aromatic heterocycles. The van der Waals surface area contributed by atoms with Crippen LogP contribution in [-0.4, -0.2) is 105 Å². The van der Waals surface area contributed by atoms with Crippen molar-refractivity contribution in [2.45, 2.75) is 90.5 Å². The number of likely N-dealkylation sites (tertiary alicyclic amines) is 1. The van der Waals surface area contributed by atoms with Crippen molar-refractivity contribution in [1.82, 2.24) is 20.5 Å². The Morgan fingerprint density at radius 2 is 1.27 bits per heavy atom. The van der Waals surface area contributed by atoms with Crippen LogP contribution >= 0.6 is 0 Å². The molecule has 7 rings (SSSR count). The van der Waals surface area contributed by atoms with Crippen LogP contribution in [-0.2, 0) is 23.8 Å². The summed E-state index contributed by atoms with van der Waals surface area (Å²) in [6, 6.07) is 25.7. The number of amides is 6. The smallest absolute Gasteiger partial charge is 0.407 e. The van der Waals surface area contributed by atoms with Crippen LogP contribution in [0.3, 0.4) is 0 Å². The molecule has 5 atom stereocenters. The summed E-state index contributed by atoms with van der Waals surface area (Å²) >= 11 is 0. The van der Waals surface area contributed by atoms with Crippen molar-refractivity contribution in [2.24, 2.45) is 11.8 Å². The molecule has 3 N–H and O–H groups in total. The zero-order chi connectivity index (χ0) is 47.8. The standard InChI is InChI=1S/C51H64N8O8/c1-32(2)45(54-49(62)65-6)47(60)53-39-17-10-36(11-18-39)42-23-24-43(58(42)40-19-12-35(13-20-40)38-16-25-44(52-31-38)56-27-29-67-30-28-56)37-14-21-41(22-15-37)59(51(64)57-26-8-9-34(57)5)48(61)46(33(3)4)55-50(63)66-7/h10-22,25,31-34,42-43,45-46H,8-9,23-24,26-30H2,1-7H3,(H,53,60)(H,54,62)(H,55,63)/t34-,42-,43-,45+,46+/m1/s1. The molecule has 16 heteroatoms. The fourth-order valence-corrected chi connectivity index (χ4v) is 9.28. The number of ether oxygens (including phenoxy) is 3. The van der Waals surface area contributed by atoms with E-state index in [1.54, 1.807) is 4.90 Å². The molecule has 0 spiro atoms. The van der Waals surface area contributed by atoms with Gasteiger partial charge >= 0.3 is 18.2 Å². The number of nitrogens with one attached hydrogen (secondary N) is 3. The summed E-state index contributed by atoms with van der Waals surface area (Å²) in [4.78, 5) is 78.7. The third-order valence-electron chi connectivity index (χ3n) is 13.1. The van der Waals surface area contributed by atoms with Crippen LogP contribution in [0.1, 0.15) is 83.5 Å². The van der Waals surface area contributed by atoms with Gasteiger partial charge in [0.25, 0.3) is 5.91 Å². The summed E-state index contributed by atoms with van der Waals surface area (Å²) in [5.74, 6) is -0.455. The Balaban J connectivity index is 1.19. The molecule has 3 aliphatic rings. The molecule has 0 saturated carbocycles. The summed E-state index contributed by atoms with van der Waals surface area (Å²) in [5, 5.41) is 8.23. The van der Waals surface area contributed by atoms with Crippen LogP contribution in [0.5, 0.6) is 0 Å². The number of imide groups is 1. The zero-order valence-electron chi connectivity index (χ0n) is 39.6. The number of alkyl carbamates (subject to hydrolysis) is 2. The fourth-order valence-electron chi connectivity index (χ4n) is 9.28. The number of pyridine rings is 1. The summed E-state index contributed by atoms with van der Waals surface area (Å²) in [7, 11) is 2.50. The average Bonchev–Trinajstić information content (AvgIpc) is 3.99. The first-order chi connectivity index (χ1) is 32.3. The lowest BCUT2D eigenvalue weighted by Gasteiger charge is -2.34. The van der Waals surface area contributed by atoms with E-state index in [2.05, 4.69) is 62.1 Å². The van der Waals surface area contributed by atoms with Crippen molar-refractivity contribution in [2.75, 3.05) is 67.1 Å². The maximum Gasteiger partial charge on any atom is 0.407 e. The first-order valence-corrected chi connectivity index (χ1v) is 23.3. The van der Waals surface area contributed by atoms with Crippen LogP contribution in [0.25, 0.3) is 11.1 Å². The van der Waals surface area contributed by atoms with Gasteiger partial charge in [-0.1, -0.05) is 64.1 Å². The third kappa shape index (κ3) is 11.1. The number of hydrogen-bond acceptors (Lipinski definition) is 11. The Hall–Kier alpha value is -6.68. The fraction of sp³-hybridized carbons (Fsp3) is 0.451. The Morgan fingerprint density at radius 3 is 1.79 bits per heavy atom.